The molecule has 6 heteroatoms. The summed E-state index contributed by atoms with van der Waals surface area (Å²) in [5, 5.41) is 0. The number of carbonyl (C=O) groups is 2. The van der Waals surface area contributed by atoms with Gasteiger partial charge in [-0.2, -0.15) is 0 Å². The molecule has 1 aromatic rings. The molecule has 1 saturated heterocycles. The van der Waals surface area contributed by atoms with Crippen molar-refractivity contribution in [3.05, 3.63) is 47.9 Å². The van der Waals surface area contributed by atoms with Gasteiger partial charge in [0.1, 0.15) is 19.5 Å². The molecular formula is C19H24N2O4. The lowest BCUT2D eigenvalue weighted by atomic mass is 10.1. The van der Waals surface area contributed by atoms with Crippen LogP contribution in [0.3, 0.4) is 0 Å². The van der Waals surface area contributed by atoms with Gasteiger partial charge >= 0.3 is 0 Å². The van der Waals surface area contributed by atoms with Gasteiger partial charge < -0.3 is 19.3 Å². The Morgan fingerprint density at radius 2 is 1.72 bits per heavy atom. The largest absolute Gasteiger partial charge is 0.494 e. The topological polar surface area (TPSA) is 59.1 Å². The van der Waals surface area contributed by atoms with Crippen LogP contribution in [0.1, 0.15) is 18.4 Å². The molecule has 2 aliphatic heterocycles. The Balaban J connectivity index is 1.50. The molecule has 0 radical (unpaired) electrons. The molecule has 0 atom stereocenters. The Bertz CT molecular complexity index is 630. The van der Waals surface area contributed by atoms with Gasteiger partial charge in [0.2, 0.25) is 11.7 Å². The fourth-order valence-corrected chi connectivity index (χ4v) is 3.06. The second kappa shape index (κ2) is 8.55. The lowest BCUT2D eigenvalue weighted by Crippen LogP contribution is -2.38. The van der Waals surface area contributed by atoms with Crippen molar-refractivity contribution in [3.8, 4) is 0 Å². The zero-order chi connectivity index (χ0) is 17.5. The van der Waals surface area contributed by atoms with E-state index >= 15 is 0 Å². The maximum absolute atomic E-state index is 12.5. The van der Waals surface area contributed by atoms with Crippen molar-refractivity contribution in [2.75, 3.05) is 39.4 Å². The number of amides is 2. The van der Waals surface area contributed by atoms with E-state index < -0.39 is 0 Å². The first-order valence-electron chi connectivity index (χ1n) is 8.79. The van der Waals surface area contributed by atoms with Crippen molar-refractivity contribution >= 4 is 11.8 Å². The smallest absolute Gasteiger partial charge is 0.292 e. The Kier molecular flexibility index (Phi) is 5.93. The predicted molar refractivity (Wildman–Crippen MR) is 92.5 cm³/mol. The van der Waals surface area contributed by atoms with Crippen molar-refractivity contribution in [2.24, 2.45) is 0 Å². The van der Waals surface area contributed by atoms with Crippen molar-refractivity contribution in [2.45, 2.75) is 19.3 Å². The molecule has 2 amide bonds. The Morgan fingerprint density at radius 3 is 2.48 bits per heavy atom. The first-order chi connectivity index (χ1) is 12.2. The van der Waals surface area contributed by atoms with Crippen LogP contribution in [0.4, 0.5) is 0 Å². The molecule has 0 aromatic heterocycles. The number of hydrogen-bond donors (Lipinski definition) is 0. The number of rotatable bonds is 4. The van der Waals surface area contributed by atoms with Crippen LogP contribution in [0.2, 0.25) is 0 Å². The van der Waals surface area contributed by atoms with Gasteiger partial charge in [-0.15, -0.1) is 0 Å². The summed E-state index contributed by atoms with van der Waals surface area (Å²) in [7, 11) is 0. The molecule has 2 aliphatic rings. The number of aryl methyl sites for hydroxylation is 1. The standard InChI is InChI=1S/C19H24N2O4/c22-18(8-7-16-5-2-1-3-6-16)20-9-4-10-21(12-11-20)19(23)17-15-24-13-14-25-17/h1-3,5-6,15H,4,7-14H2. The third-order valence-electron chi connectivity index (χ3n) is 4.47. The molecule has 0 spiro atoms. The van der Waals surface area contributed by atoms with Crippen LogP contribution in [0.25, 0.3) is 0 Å². The highest BCUT2D eigenvalue weighted by Crippen LogP contribution is 2.13. The van der Waals surface area contributed by atoms with E-state index in [1.165, 1.54) is 11.8 Å². The Morgan fingerprint density at radius 1 is 0.960 bits per heavy atom. The minimum absolute atomic E-state index is 0.148. The van der Waals surface area contributed by atoms with Crippen LogP contribution in [-0.4, -0.2) is 61.0 Å². The van der Waals surface area contributed by atoms with Crippen LogP contribution in [0.15, 0.2) is 42.4 Å². The summed E-state index contributed by atoms with van der Waals surface area (Å²) in [6.45, 7) is 3.27. The van der Waals surface area contributed by atoms with Gasteiger partial charge in [-0.25, -0.2) is 0 Å². The van der Waals surface area contributed by atoms with Crippen LogP contribution in [0.5, 0.6) is 0 Å². The predicted octanol–water partition coefficient (Wildman–Crippen LogP) is 1.57. The zero-order valence-electron chi connectivity index (χ0n) is 14.4. The average Bonchev–Trinajstić information content (AvgIpc) is 2.93. The third-order valence-corrected chi connectivity index (χ3v) is 4.47. The van der Waals surface area contributed by atoms with Gasteiger partial charge in [-0.3, -0.25) is 9.59 Å². The molecule has 25 heavy (non-hydrogen) atoms. The second-order valence-corrected chi connectivity index (χ2v) is 6.21. The highest BCUT2D eigenvalue weighted by Gasteiger charge is 2.25. The van der Waals surface area contributed by atoms with Crippen LogP contribution in [0, 0.1) is 0 Å². The van der Waals surface area contributed by atoms with E-state index in [2.05, 4.69) is 0 Å². The number of hydrogen-bond acceptors (Lipinski definition) is 4. The Labute approximate surface area is 148 Å². The molecule has 0 saturated carbocycles. The molecule has 3 rings (SSSR count). The SMILES string of the molecule is O=C(CCc1ccccc1)N1CCCN(C(=O)C2=COCCO2)CC1. The quantitative estimate of drug-likeness (QED) is 0.832. The number of carbonyl (C=O) groups excluding carboxylic acids is 2. The van der Waals surface area contributed by atoms with Crippen molar-refractivity contribution in [3.63, 3.8) is 0 Å². The first kappa shape index (κ1) is 17.3. The fraction of sp³-hybridized carbons (Fsp3) is 0.474. The normalized spacial score (nSPS) is 17.8. The molecule has 0 unspecified atom stereocenters. The molecule has 2 heterocycles. The fourth-order valence-electron chi connectivity index (χ4n) is 3.06. The molecule has 0 bridgehead atoms. The minimum Gasteiger partial charge on any atom is -0.494 e. The summed E-state index contributed by atoms with van der Waals surface area (Å²) in [5.41, 5.74) is 1.17. The van der Waals surface area contributed by atoms with Crippen LogP contribution < -0.4 is 0 Å². The molecule has 0 aliphatic carbocycles. The first-order valence-corrected chi connectivity index (χ1v) is 8.79. The summed E-state index contributed by atoms with van der Waals surface area (Å²) in [6, 6.07) is 10.0. The number of benzene rings is 1. The van der Waals surface area contributed by atoms with E-state index in [1.54, 1.807) is 4.90 Å². The lowest BCUT2D eigenvalue weighted by Gasteiger charge is -2.24. The zero-order valence-corrected chi connectivity index (χ0v) is 14.4. The summed E-state index contributed by atoms with van der Waals surface area (Å²) >= 11 is 0. The maximum atomic E-state index is 12.5. The average molecular weight is 344 g/mol. The van der Waals surface area contributed by atoms with Crippen LogP contribution in [-0.2, 0) is 25.5 Å². The van der Waals surface area contributed by atoms with Gasteiger partial charge in [0, 0.05) is 32.6 Å². The van der Waals surface area contributed by atoms with Gasteiger partial charge in [0.25, 0.3) is 5.91 Å². The Hall–Kier alpha value is -2.50. The van der Waals surface area contributed by atoms with Gasteiger partial charge in [-0.1, -0.05) is 30.3 Å². The van der Waals surface area contributed by atoms with Crippen molar-refractivity contribution < 1.29 is 19.1 Å². The summed E-state index contributed by atoms with van der Waals surface area (Å²) in [5.74, 6) is 0.253. The molecule has 1 aromatic carbocycles. The summed E-state index contributed by atoms with van der Waals surface area (Å²) in [6.07, 6.45) is 3.41. The van der Waals surface area contributed by atoms with E-state index in [0.717, 1.165) is 12.8 Å². The van der Waals surface area contributed by atoms with E-state index in [-0.39, 0.29) is 17.6 Å². The lowest BCUT2D eigenvalue weighted by molar-refractivity contribution is -0.134. The van der Waals surface area contributed by atoms with E-state index in [1.807, 2.05) is 35.2 Å². The van der Waals surface area contributed by atoms with E-state index in [9.17, 15) is 9.59 Å². The molecule has 6 nitrogen and oxygen atoms in total. The van der Waals surface area contributed by atoms with Crippen molar-refractivity contribution in [1.29, 1.82) is 0 Å². The molecule has 0 N–H and O–H groups in total. The monoisotopic (exact) mass is 344 g/mol. The van der Waals surface area contributed by atoms with Crippen molar-refractivity contribution in [1.82, 2.24) is 9.80 Å². The third kappa shape index (κ3) is 4.75. The molecular weight excluding hydrogens is 320 g/mol. The van der Waals surface area contributed by atoms with Crippen LogP contribution >= 0.6 is 0 Å². The highest BCUT2D eigenvalue weighted by atomic mass is 16.6. The van der Waals surface area contributed by atoms with Gasteiger partial charge in [0.15, 0.2) is 0 Å². The van der Waals surface area contributed by atoms with E-state index in [4.69, 9.17) is 9.47 Å². The molecule has 1 fully saturated rings. The van der Waals surface area contributed by atoms with Gasteiger partial charge in [0.05, 0.1) is 0 Å². The summed E-state index contributed by atoms with van der Waals surface area (Å²) < 4.78 is 10.5. The number of ether oxygens (including phenoxy) is 2. The number of nitrogens with zero attached hydrogens (tertiary/aromatic N) is 2. The van der Waals surface area contributed by atoms with Gasteiger partial charge in [-0.05, 0) is 18.4 Å². The maximum Gasteiger partial charge on any atom is 0.292 e. The second-order valence-electron chi connectivity index (χ2n) is 6.21. The highest BCUT2D eigenvalue weighted by molar-refractivity contribution is 5.91. The summed E-state index contributed by atoms with van der Waals surface area (Å²) in [4.78, 5) is 28.5. The van der Waals surface area contributed by atoms with E-state index in [0.29, 0.717) is 45.8 Å². The molecule has 134 valence electrons. The minimum atomic E-state index is -0.154.